The Balaban J connectivity index is 3.24. The molecule has 0 radical (unpaired) electrons. The first-order chi connectivity index (χ1) is 8.01. The fourth-order valence-electron chi connectivity index (χ4n) is 1.46. The first-order valence-corrected chi connectivity index (χ1v) is 6.35. The van der Waals surface area contributed by atoms with Crippen molar-refractivity contribution in [2.45, 2.75) is 24.3 Å². The van der Waals surface area contributed by atoms with E-state index in [0.717, 1.165) is 0 Å². The van der Waals surface area contributed by atoms with E-state index in [4.69, 9.17) is 5.11 Å². The molecule has 4 nitrogen and oxygen atoms in total. The molecule has 0 saturated heterocycles. The van der Waals surface area contributed by atoms with Crippen molar-refractivity contribution in [1.29, 1.82) is 0 Å². The molecule has 1 atom stereocenters. The van der Waals surface area contributed by atoms with Gasteiger partial charge in [-0.2, -0.15) is 0 Å². The highest BCUT2D eigenvalue weighted by molar-refractivity contribution is 7.98. The van der Waals surface area contributed by atoms with Crippen LogP contribution in [0.1, 0.15) is 35.4 Å². The van der Waals surface area contributed by atoms with Crippen molar-refractivity contribution in [3.63, 3.8) is 0 Å². The Bertz CT molecular complexity index is 442. The normalized spacial score (nSPS) is 12.2. The van der Waals surface area contributed by atoms with Crippen LogP contribution in [-0.4, -0.2) is 28.2 Å². The van der Waals surface area contributed by atoms with Gasteiger partial charge >= 0.3 is 5.97 Å². The van der Waals surface area contributed by atoms with Gasteiger partial charge in [-0.1, -0.05) is 13.0 Å². The maximum Gasteiger partial charge on any atom is 0.337 e. The number of rotatable bonds is 5. The fourth-order valence-corrected chi connectivity index (χ4v) is 2.07. The van der Waals surface area contributed by atoms with E-state index in [1.54, 1.807) is 25.3 Å². The molecule has 0 saturated carbocycles. The van der Waals surface area contributed by atoms with Crippen LogP contribution >= 0.6 is 11.8 Å². The molecule has 0 aliphatic rings. The highest BCUT2D eigenvalue weighted by Gasteiger charge is 2.20. The van der Waals surface area contributed by atoms with E-state index in [2.05, 4.69) is 0 Å². The minimum atomic E-state index is -1.60. The lowest BCUT2D eigenvalue weighted by molar-refractivity contribution is -0.147. The van der Waals surface area contributed by atoms with Crippen molar-refractivity contribution in [3.8, 4) is 0 Å². The Kier molecular flexibility index (Phi) is 4.72. The molecule has 0 fully saturated rings. The highest BCUT2D eigenvalue weighted by atomic mass is 32.2. The maximum absolute atomic E-state index is 11.5. The van der Waals surface area contributed by atoms with E-state index >= 15 is 0 Å². The molecule has 2 N–H and O–H groups in total. The maximum atomic E-state index is 11.5. The molecule has 1 unspecified atom stereocenters. The molecule has 1 aromatic carbocycles. The van der Waals surface area contributed by atoms with Crippen LogP contribution < -0.4 is 0 Å². The number of carboxylic acids is 1. The lowest BCUT2D eigenvalue weighted by atomic mass is 10.0. The second-order valence-electron chi connectivity index (χ2n) is 3.47. The molecule has 0 aliphatic heterocycles. The van der Waals surface area contributed by atoms with Crippen LogP contribution in [0.4, 0.5) is 0 Å². The predicted molar refractivity (Wildman–Crippen MR) is 65.4 cm³/mol. The Morgan fingerprint density at radius 3 is 2.53 bits per heavy atom. The zero-order valence-corrected chi connectivity index (χ0v) is 10.5. The fraction of sp³-hybridized carbons (Fsp3) is 0.333. The SMILES string of the molecule is CCC(=O)c1ccc(SC)c(C(O)C(=O)O)c1. The quantitative estimate of drug-likeness (QED) is 0.622. The van der Waals surface area contributed by atoms with Crippen LogP contribution in [0.15, 0.2) is 23.1 Å². The summed E-state index contributed by atoms with van der Waals surface area (Å²) < 4.78 is 0. The summed E-state index contributed by atoms with van der Waals surface area (Å²) in [7, 11) is 0. The van der Waals surface area contributed by atoms with Gasteiger partial charge in [0.05, 0.1) is 0 Å². The van der Waals surface area contributed by atoms with Gasteiger partial charge in [0.1, 0.15) is 0 Å². The van der Waals surface area contributed by atoms with Crippen LogP contribution in [0, 0.1) is 0 Å². The summed E-state index contributed by atoms with van der Waals surface area (Å²) in [6.07, 6.45) is 0.540. The number of carbonyl (C=O) groups is 2. The number of aliphatic hydroxyl groups is 1. The minimum Gasteiger partial charge on any atom is -0.479 e. The van der Waals surface area contributed by atoms with Gasteiger partial charge in [-0.15, -0.1) is 11.8 Å². The lowest BCUT2D eigenvalue weighted by Gasteiger charge is -2.12. The Labute approximate surface area is 104 Å². The van der Waals surface area contributed by atoms with Crippen LogP contribution in [0.2, 0.25) is 0 Å². The van der Waals surface area contributed by atoms with Crippen molar-refractivity contribution < 1.29 is 19.8 Å². The summed E-state index contributed by atoms with van der Waals surface area (Å²) in [6, 6.07) is 4.77. The van der Waals surface area contributed by atoms with Gasteiger partial charge in [0.15, 0.2) is 11.9 Å². The van der Waals surface area contributed by atoms with Gasteiger partial charge in [-0.25, -0.2) is 4.79 Å². The number of aliphatic carboxylic acids is 1. The first kappa shape index (κ1) is 13.7. The Hall–Kier alpha value is -1.33. The first-order valence-electron chi connectivity index (χ1n) is 5.13. The summed E-state index contributed by atoms with van der Waals surface area (Å²) in [6.45, 7) is 1.73. The van der Waals surface area contributed by atoms with Crippen LogP contribution in [-0.2, 0) is 4.79 Å². The minimum absolute atomic E-state index is 0.0727. The van der Waals surface area contributed by atoms with E-state index in [1.807, 2.05) is 0 Å². The van der Waals surface area contributed by atoms with Gasteiger partial charge in [0, 0.05) is 22.4 Å². The standard InChI is InChI=1S/C12H14O4S/c1-3-9(13)7-4-5-10(17-2)8(6-7)11(14)12(15)16/h4-6,11,14H,3H2,1-2H3,(H,15,16). The van der Waals surface area contributed by atoms with E-state index in [0.29, 0.717) is 16.9 Å². The van der Waals surface area contributed by atoms with Gasteiger partial charge in [-0.05, 0) is 18.4 Å². The third kappa shape index (κ3) is 3.08. The number of ketones is 1. The molecule has 0 spiro atoms. The topological polar surface area (TPSA) is 74.6 Å². The summed E-state index contributed by atoms with van der Waals surface area (Å²) in [5.74, 6) is -1.39. The molecule has 0 amide bonds. The second-order valence-corrected chi connectivity index (χ2v) is 4.32. The van der Waals surface area contributed by atoms with Crippen LogP contribution in [0.25, 0.3) is 0 Å². The lowest BCUT2D eigenvalue weighted by Crippen LogP contribution is -2.12. The third-order valence-corrected chi connectivity index (χ3v) is 3.21. The van der Waals surface area contributed by atoms with Gasteiger partial charge in [-0.3, -0.25) is 4.79 Å². The van der Waals surface area contributed by atoms with Crippen LogP contribution in [0.3, 0.4) is 0 Å². The average Bonchev–Trinajstić information content (AvgIpc) is 2.35. The summed E-state index contributed by atoms with van der Waals surface area (Å²) in [5, 5.41) is 18.4. The highest BCUT2D eigenvalue weighted by Crippen LogP contribution is 2.27. The molecule has 0 bridgehead atoms. The zero-order valence-electron chi connectivity index (χ0n) is 9.64. The monoisotopic (exact) mass is 254 g/mol. The summed E-state index contributed by atoms with van der Waals surface area (Å²) >= 11 is 1.33. The molecule has 1 rings (SSSR count). The van der Waals surface area contributed by atoms with Crippen molar-refractivity contribution in [1.82, 2.24) is 0 Å². The average molecular weight is 254 g/mol. The molecule has 0 aliphatic carbocycles. The second kappa shape index (κ2) is 5.84. The molecule has 1 aromatic rings. The largest absolute Gasteiger partial charge is 0.479 e. The molecular weight excluding hydrogens is 240 g/mol. The van der Waals surface area contributed by atoms with Crippen molar-refractivity contribution in [3.05, 3.63) is 29.3 Å². The summed E-state index contributed by atoms with van der Waals surface area (Å²) in [4.78, 5) is 23.0. The van der Waals surface area contributed by atoms with Crippen molar-refractivity contribution in [2.24, 2.45) is 0 Å². The molecular formula is C12H14O4S. The van der Waals surface area contributed by atoms with Gasteiger partial charge in [0.2, 0.25) is 0 Å². The number of aliphatic hydroxyl groups excluding tert-OH is 1. The number of benzene rings is 1. The Morgan fingerprint density at radius 1 is 1.41 bits per heavy atom. The number of hydrogen-bond donors (Lipinski definition) is 2. The molecule has 0 heterocycles. The van der Waals surface area contributed by atoms with E-state index in [1.165, 1.54) is 17.8 Å². The number of hydrogen-bond acceptors (Lipinski definition) is 4. The van der Waals surface area contributed by atoms with E-state index in [9.17, 15) is 14.7 Å². The smallest absolute Gasteiger partial charge is 0.337 e. The number of thioether (sulfide) groups is 1. The third-order valence-electron chi connectivity index (χ3n) is 2.40. The van der Waals surface area contributed by atoms with Gasteiger partial charge < -0.3 is 10.2 Å². The molecule has 17 heavy (non-hydrogen) atoms. The zero-order chi connectivity index (χ0) is 13.0. The summed E-state index contributed by atoms with van der Waals surface area (Å²) in [5.41, 5.74) is 0.699. The van der Waals surface area contributed by atoms with Crippen LogP contribution in [0.5, 0.6) is 0 Å². The number of Topliss-reactive ketones (excluding diaryl/α,β-unsaturated/α-hetero) is 1. The van der Waals surface area contributed by atoms with Crippen molar-refractivity contribution in [2.75, 3.05) is 6.26 Å². The van der Waals surface area contributed by atoms with Crippen molar-refractivity contribution >= 4 is 23.5 Å². The molecule has 0 aromatic heterocycles. The Morgan fingerprint density at radius 2 is 2.06 bits per heavy atom. The van der Waals surface area contributed by atoms with E-state index in [-0.39, 0.29) is 11.3 Å². The van der Waals surface area contributed by atoms with Gasteiger partial charge in [0.25, 0.3) is 0 Å². The number of carbonyl (C=O) groups excluding carboxylic acids is 1. The number of carboxylic acid groups (broad SMARTS) is 1. The molecule has 92 valence electrons. The predicted octanol–water partition coefficient (Wildman–Crippen LogP) is 2.12. The molecule has 5 heteroatoms. The van der Waals surface area contributed by atoms with E-state index < -0.39 is 12.1 Å².